The van der Waals surface area contributed by atoms with Gasteiger partial charge < -0.3 is 14.8 Å². The Morgan fingerprint density at radius 1 is 1.35 bits per heavy atom. The van der Waals surface area contributed by atoms with Crippen LogP contribution in [-0.2, 0) is 6.54 Å². The standard InChI is InChI=1S/C13H15NO3/c1-8-5-9(2)12-10(6-8)11(13(16)17)7-14(12)3-4-15/h5-7,15H,3-4H2,1-2H3,(H,16,17). The van der Waals surface area contributed by atoms with Gasteiger partial charge in [0, 0.05) is 18.1 Å². The Labute approximate surface area is 99.1 Å². The zero-order valence-corrected chi connectivity index (χ0v) is 9.90. The predicted molar refractivity (Wildman–Crippen MR) is 65.5 cm³/mol. The number of aliphatic hydroxyl groups is 1. The van der Waals surface area contributed by atoms with Crippen molar-refractivity contribution in [3.05, 3.63) is 35.0 Å². The first-order valence-electron chi connectivity index (χ1n) is 5.49. The van der Waals surface area contributed by atoms with Crippen LogP contribution in [0.15, 0.2) is 18.3 Å². The van der Waals surface area contributed by atoms with E-state index in [-0.39, 0.29) is 6.61 Å². The van der Waals surface area contributed by atoms with Crippen molar-refractivity contribution in [3.63, 3.8) is 0 Å². The van der Waals surface area contributed by atoms with Crippen molar-refractivity contribution in [1.29, 1.82) is 0 Å². The van der Waals surface area contributed by atoms with E-state index in [1.165, 1.54) is 0 Å². The van der Waals surface area contributed by atoms with Gasteiger partial charge in [-0.3, -0.25) is 0 Å². The van der Waals surface area contributed by atoms with E-state index in [0.717, 1.165) is 22.0 Å². The van der Waals surface area contributed by atoms with Crippen LogP contribution >= 0.6 is 0 Å². The predicted octanol–water partition coefficient (Wildman–Crippen LogP) is 1.95. The van der Waals surface area contributed by atoms with Crippen LogP contribution in [0.25, 0.3) is 10.9 Å². The van der Waals surface area contributed by atoms with Gasteiger partial charge in [0.05, 0.1) is 17.7 Å². The van der Waals surface area contributed by atoms with E-state index >= 15 is 0 Å². The van der Waals surface area contributed by atoms with Crippen LogP contribution in [-0.4, -0.2) is 27.4 Å². The maximum absolute atomic E-state index is 11.2. The molecule has 90 valence electrons. The number of aliphatic hydroxyl groups excluding tert-OH is 1. The second kappa shape index (κ2) is 4.22. The summed E-state index contributed by atoms with van der Waals surface area (Å²) in [5, 5.41) is 18.9. The van der Waals surface area contributed by atoms with Crippen LogP contribution in [0.3, 0.4) is 0 Å². The Morgan fingerprint density at radius 2 is 2.06 bits per heavy atom. The number of benzene rings is 1. The molecule has 0 unspecified atom stereocenters. The summed E-state index contributed by atoms with van der Waals surface area (Å²) in [4.78, 5) is 11.2. The molecule has 0 saturated heterocycles. The lowest BCUT2D eigenvalue weighted by Crippen LogP contribution is -2.01. The molecule has 0 aliphatic rings. The zero-order valence-electron chi connectivity index (χ0n) is 9.90. The summed E-state index contributed by atoms with van der Waals surface area (Å²) in [5.74, 6) is -0.934. The van der Waals surface area contributed by atoms with Crippen LogP contribution in [0.1, 0.15) is 21.5 Å². The van der Waals surface area contributed by atoms with Gasteiger partial charge in [-0.25, -0.2) is 4.79 Å². The van der Waals surface area contributed by atoms with Gasteiger partial charge in [0.25, 0.3) is 0 Å². The van der Waals surface area contributed by atoms with Gasteiger partial charge in [-0.1, -0.05) is 11.6 Å². The highest BCUT2D eigenvalue weighted by molar-refractivity contribution is 6.04. The van der Waals surface area contributed by atoms with Gasteiger partial charge in [0.2, 0.25) is 0 Å². The molecule has 1 heterocycles. The summed E-state index contributed by atoms with van der Waals surface area (Å²) in [6.45, 7) is 4.31. The van der Waals surface area contributed by atoms with E-state index in [1.54, 1.807) is 10.8 Å². The number of nitrogens with zero attached hydrogens (tertiary/aromatic N) is 1. The molecule has 4 heteroatoms. The van der Waals surface area contributed by atoms with E-state index in [4.69, 9.17) is 5.11 Å². The minimum atomic E-state index is -0.934. The Balaban J connectivity index is 2.81. The highest BCUT2D eigenvalue weighted by Crippen LogP contribution is 2.26. The van der Waals surface area contributed by atoms with E-state index in [9.17, 15) is 9.90 Å². The topological polar surface area (TPSA) is 62.5 Å². The number of aromatic nitrogens is 1. The summed E-state index contributed by atoms with van der Waals surface area (Å²) in [6, 6.07) is 3.89. The largest absolute Gasteiger partial charge is 0.478 e. The maximum Gasteiger partial charge on any atom is 0.337 e. The molecule has 17 heavy (non-hydrogen) atoms. The third-order valence-electron chi connectivity index (χ3n) is 2.88. The Hall–Kier alpha value is -1.81. The fourth-order valence-corrected chi connectivity index (χ4v) is 2.29. The normalized spacial score (nSPS) is 11.0. The number of carbonyl (C=O) groups is 1. The lowest BCUT2D eigenvalue weighted by atomic mass is 10.1. The number of carboxylic acids is 1. The minimum absolute atomic E-state index is 0.00381. The molecule has 2 N–H and O–H groups in total. The van der Waals surface area contributed by atoms with Crippen molar-refractivity contribution < 1.29 is 15.0 Å². The van der Waals surface area contributed by atoms with Crippen molar-refractivity contribution >= 4 is 16.9 Å². The number of aromatic carboxylic acids is 1. The molecule has 0 spiro atoms. The molecule has 0 aliphatic carbocycles. The van der Waals surface area contributed by atoms with Crippen LogP contribution in [0.2, 0.25) is 0 Å². The van der Waals surface area contributed by atoms with Gasteiger partial charge in [-0.05, 0) is 25.5 Å². The first-order chi connectivity index (χ1) is 8.04. The van der Waals surface area contributed by atoms with E-state index < -0.39 is 5.97 Å². The summed E-state index contributed by atoms with van der Waals surface area (Å²) in [5.41, 5.74) is 3.25. The Bertz CT molecular complexity index is 584. The molecule has 1 aromatic carbocycles. The molecule has 0 fully saturated rings. The van der Waals surface area contributed by atoms with Crippen molar-refractivity contribution in [2.75, 3.05) is 6.61 Å². The Kier molecular flexibility index (Phi) is 2.90. The Morgan fingerprint density at radius 3 is 2.65 bits per heavy atom. The second-order valence-electron chi connectivity index (χ2n) is 4.24. The molecule has 0 amide bonds. The molecule has 0 saturated carbocycles. The second-order valence-corrected chi connectivity index (χ2v) is 4.24. The molecule has 0 atom stereocenters. The molecule has 0 radical (unpaired) electrons. The minimum Gasteiger partial charge on any atom is -0.478 e. The fraction of sp³-hybridized carbons (Fsp3) is 0.308. The number of hydrogen-bond acceptors (Lipinski definition) is 2. The first-order valence-corrected chi connectivity index (χ1v) is 5.49. The van der Waals surface area contributed by atoms with Crippen LogP contribution < -0.4 is 0 Å². The number of aryl methyl sites for hydroxylation is 2. The van der Waals surface area contributed by atoms with Crippen molar-refractivity contribution in [3.8, 4) is 0 Å². The summed E-state index contributed by atoms with van der Waals surface area (Å²) in [6.07, 6.45) is 1.59. The van der Waals surface area contributed by atoms with E-state index in [0.29, 0.717) is 12.1 Å². The summed E-state index contributed by atoms with van der Waals surface area (Å²) in [7, 11) is 0. The molecule has 0 bridgehead atoms. The van der Waals surface area contributed by atoms with E-state index in [2.05, 4.69) is 0 Å². The van der Waals surface area contributed by atoms with Gasteiger partial charge in [-0.15, -0.1) is 0 Å². The zero-order chi connectivity index (χ0) is 12.6. The maximum atomic E-state index is 11.2. The average Bonchev–Trinajstić information content (AvgIpc) is 2.57. The van der Waals surface area contributed by atoms with Gasteiger partial charge in [-0.2, -0.15) is 0 Å². The highest BCUT2D eigenvalue weighted by Gasteiger charge is 2.15. The first kappa shape index (κ1) is 11.7. The number of carboxylic acid groups (broad SMARTS) is 1. The van der Waals surface area contributed by atoms with Crippen molar-refractivity contribution in [1.82, 2.24) is 4.57 Å². The number of rotatable bonds is 3. The SMILES string of the molecule is Cc1cc(C)c2c(c1)c(C(=O)O)cn2CCO. The fourth-order valence-electron chi connectivity index (χ4n) is 2.29. The number of fused-ring (bicyclic) bond motifs is 1. The average molecular weight is 233 g/mol. The van der Waals surface area contributed by atoms with Gasteiger partial charge >= 0.3 is 5.97 Å². The van der Waals surface area contributed by atoms with Crippen LogP contribution in [0, 0.1) is 13.8 Å². The molecular formula is C13H15NO3. The monoisotopic (exact) mass is 233 g/mol. The number of hydrogen-bond donors (Lipinski definition) is 2. The van der Waals surface area contributed by atoms with Crippen molar-refractivity contribution in [2.45, 2.75) is 20.4 Å². The third-order valence-corrected chi connectivity index (χ3v) is 2.88. The van der Waals surface area contributed by atoms with Gasteiger partial charge in [0.15, 0.2) is 0 Å². The van der Waals surface area contributed by atoms with E-state index in [1.807, 2.05) is 26.0 Å². The van der Waals surface area contributed by atoms with Crippen LogP contribution in [0.4, 0.5) is 0 Å². The van der Waals surface area contributed by atoms with Crippen molar-refractivity contribution in [2.24, 2.45) is 0 Å². The molecular weight excluding hydrogens is 218 g/mol. The molecule has 1 aromatic heterocycles. The third kappa shape index (κ3) is 1.91. The lowest BCUT2D eigenvalue weighted by Gasteiger charge is -2.06. The quantitative estimate of drug-likeness (QED) is 0.851. The highest BCUT2D eigenvalue weighted by atomic mass is 16.4. The van der Waals surface area contributed by atoms with Crippen LogP contribution in [0.5, 0.6) is 0 Å². The molecule has 4 nitrogen and oxygen atoms in total. The molecule has 2 aromatic rings. The molecule has 0 aliphatic heterocycles. The lowest BCUT2D eigenvalue weighted by molar-refractivity contribution is 0.0698. The van der Waals surface area contributed by atoms with Gasteiger partial charge in [0.1, 0.15) is 0 Å². The summed E-state index contributed by atoms with van der Waals surface area (Å²) < 4.78 is 1.80. The molecule has 2 rings (SSSR count). The smallest absolute Gasteiger partial charge is 0.337 e. The summed E-state index contributed by atoms with van der Waals surface area (Å²) >= 11 is 0.